The first kappa shape index (κ1) is 23.5. The average Bonchev–Trinajstić information content (AvgIpc) is 3.16. The number of rotatable bonds is 8. The topological polar surface area (TPSA) is 75.4 Å². The van der Waals surface area contributed by atoms with Crippen molar-refractivity contribution in [1.29, 1.82) is 0 Å². The number of anilines is 1. The summed E-state index contributed by atoms with van der Waals surface area (Å²) in [6.45, 7) is 4.94. The van der Waals surface area contributed by atoms with Crippen molar-refractivity contribution in [3.05, 3.63) is 66.2 Å². The molecule has 7 nitrogen and oxygen atoms in total. The summed E-state index contributed by atoms with van der Waals surface area (Å²) in [7, 11) is 4.03. The molecule has 176 valence electrons. The van der Waals surface area contributed by atoms with Gasteiger partial charge in [-0.15, -0.1) is 0 Å². The van der Waals surface area contributed by atoms with Crippen LogP contribution in [0.25, 0.3) is 28.3 Å². The lowest BCUT2D eigenvalue weighted by Gasteiger charge is -2.10. The standard InChI is InChI=1S/C26H29FN6O/c1-17(2)5-10-23(34)31-26-28-13-11-21(29-26)25-24(19-6-8-20(27)9-7-19)30-22-15-18(16-32(3)4)12-14-33(22)25/h6-9,11-15,17H,5,10,16H2,1-4H3,(H,28,29,31,34). The van der Waals surface area contributed by atoms with Gasteiger partial charge in [-0.2, -0.15) is 0 Å². The van der Waals surface area contributed by atoms with Crippen LogP contribution in [-0.2, 0) is 11.3 Å². The van der Waals surface area contributed by atoms with E-state index in [4.69, 9.17) is 4.98 Å². The summed E-state index contributed by atoms with van der Waals surface area (Å²) in [6, 6.07) is 12.1. The Morgan fingerprint density at radius 3 is 2.59 bits per heavy atom. The Bertz CT molecular complexity index is 1300. The van der Waals surface area contributed by atoms with E-state index in [1.54, 1.807) is 24.4 Å². The Kier molecular flexibility index (Phi) is 6.98. The number of hydrogen-bond donors (Lipinski definition) is 1. The molecule has 0 radical (unpaired) electrons. The largest absolute Gasteiger partial charge is 0.305 e. The third-order valence-electron chi connectivity index (χ3n) is 5.41. The molecule has 0 fully saturated rings. The molecule has 4 aromatic rings. The van der Waals surface area contributed by atoms with Gasteiger partial charge in [0.15, 0.2) is 0 Å². The highest BCUT2D eigenvalue weighted by molar-refractivity contribution is 5.89. The number of benzene rings is 1. The molecule has 0 aliphatic heterocycles. The van der Waals surface area contributed by atoms with E-state index in [1.165, 1.54) is 12.1 Å². The third-order valence-corrected chi connectivity index (χ3v) is 5.41. The number of nitrogens with zero attached hydrogens (tertiary/aromatic N) is 5. The van der Waals surface area contributed by atoms with Crippen LogP contribution >= 0.6 is 0 Å². The summed E-state index contributed by atoms with van der Waals surface area (Å²) in [5, 5.41) is 2.80. The monoisotopic (exact) mass is 460 g/mol. The maximum absolute atomic E-state index is 13.6. The molecule has 0 unspecified atom stereocenters. The van der Waals surface area contributed by atoms with E-state index in [9.17, 15) is 9.18 Å². The average molecular weight is 461 g/mol. The van der Waals surface area contributed by atoms with Crippen molar-refractivity contribution in [2.45, 2.75) is 33.2 Å². The number of aromatic nitrogens is 4. The van der Waals surface area contributed by atoms with Crippen LogP contribution in [0.15, 0.2) is 54.9 Å². The van der Waals surface area contributed by atoms with Crippen LogP contribution < -0.4 is 5.32 Å². The van der Waals surface area contributed by atoms with Crippen LogP contribution in [0.3, 0.4) is 0 Å². The number of halogens is 1. The molecule has 0 spiro atoms. The number of carbonyl (C=O) groups is 1. The normalized spacial score (nSPS) is 11.5. The molecule has 3 heterocycles. The first-order valence-electron chi connectivity index (χ1n) is 11.3. The van der Waals surface area contributed by atoms with Crippen LogP contribution in [0.2, 0.25) is 0 Å². The summed E-state index contributed by atoms with van der Waals surface area (Å²) in [5.41, 5.74) is 4.70. The van der Waals surface area contributed by atoms with Crippen LogP contribution in [0, 0.1) is 11.7 Å². The minimum absolute atomic E-state index is 0.115. The Labute approximate surface area is 198 Å². The highest BCUT2D eigenvalue weighted by atomic mass is 19.1. The maximum Gasteiger partial charge on any atom is 0.229 e. The van der Waals surface area contributed by atoms with Crippen molar-refractivity contribution >= 4 is 17.5 Å². The first-order chi connectivity index (χ1) is 16.3. The fraction of sp³-hybridized carbons (Fsp3) is 0.308. The second kappa shape index (κ2) is 10.1. The highest BCUT2D eigenvalue weighted by Gasteiger charge is 2.19. The van der Waals surface area contributed by atoms with E-state index in [1.807, 2.05) is 36.8 Å². The molecule has 34 heavy (non-hydrogen) atoms. The molecule has 1 N–H and O–H groups in total. The van der Waals surface area contributed by atoms with Gasteiger partial charge in [-0.25, -0.2) is 19.3 Å². The van der Waals surface area contributed by atoms with Crippen LogP contribution in [0.1, 0.15) is 32.3 Å². The summed E-state index contributed by atoms with van der Waals surface area (Å²) >= 11 is 0. The van der Waals surface area contributed by atoms with E-state index >= 15 is 0 Å². The highest BCUT2D eigenvalue weighted by Crippen LogP contribution is 2.32. The zero-order valence-corrected chi connectivity index (χ0v) is 19.9. The van der Waals surface area contributed by atoms with Gasteiger partial charge in [0.05, 0.1) is 17.1 Å². The number of amides is 1. The minimum atomic E-state index is -0.309. The second-order valence-corrected chi connectivity index (χ2v) is 9.06. The molecular formula is C26H29FN6O. The molecule has 4 rings (SSSR count). The molecule has 0 atom stereocenters. The van der Waals surface area contributed by atoms with Crippen molar-refractivity contribution < 1.29 is 9.18 Å². The van der Waals surface area contributed by atoms with E-state index in [-0.39, 0.29) is 17.7 Å². The van der Waals surface area contributed by atoms with Crippen LogP contribution in [0.4, 0.5) is 10.3 Å². The number of carbonyl (C=O) groups excluding carboxylic acids is 1. The van der Waals surface area contributed by atoms with Gasteiger partial charge in [0.2, 0.25) is 11.9 Å². The predicted molar refractivity (Wildman–Crippen MR) is 132 cm³/mol. The van der Waals surface area contributed by atoms with Crippen molar-refractivity contribution in [3.8, 4) is 22.6 Å². The molecule has 8 heteroatoms. The van der Waals surface area contributed by atoms with Crippen molar-refractivity contribution in [1.82, 2.24) is 24.3 Å². The molecule has 0 bridgehead atoms. The molecule has 1 aromatic carbocycles. The Balaban J connectivity index is 1.78. The van der Waals surface area contributed by atoms with E-state index in [0.29, 0.717) is 23.7 Å². The number of pyridine rings is 1. The quantitative estimate of drug-likeness (QED) is 0.399. The molecular weight excluding hydrogens is 431 g/mol. The fourth-order valence-corrected chi connectivity index (χ4v) is 3.76. The summed E-state index contributed by atoms with van der Waals surface area (Å²) in [6.07, 6.45) is 4.79. The lowest BCUT2D eigenvalue weighted by molar-refractivity contribution is -0.116. The Morgan fingerprint density at radius 1 is 1.12 bits per heavy atom. The van der Waals surface area contributed by atoms with Gasteiger partial charge in [0.1, 0.15) is 11.5 Å². The lowest BCUT2D eigenvalue weighted by Crippen LogP contribution is -2.14. The number of imidazole rings is 1. The molecule has 1 amide bonds. The summed E-state index contributed by atoms with van der Waals surface area (Å²) in [4.78, 5) is 28.1. The van der Waals surface area contributed by atoms with Gasteiger partial charge in [0, 0.05) is 30.9 Å². The first-order valence-corrected chi connectivity index (χ1v) is 11.3. The van der Waals surface area contributed by atoms with Gasteiger partial charge in [-0.3, -0.25) is 14.5 Å². The van der Waals surface area contributed by atoms with E-state index in [2.05, 4.69) is 34.0 Å². The Hall–Kier alpha value is -3.65. The zero-order chi connectivity index (χ0) is 24.2. The maximum atomic E-state index is 13.6. The van der Waals surface area contributed by atoms with Gasteiger partial charge >= 0.3 is 0 Å². The van der Waals surface area contributed by atoms with E-state index < -0.39 is 0 Å². The third kappa shape index (κ3) is 5.46. The van der Waals surface area contributed by atoms with Crippen molar-refractivity contribution in [2.24, 2.45) is 5.92 Å². The van der Waals surface area contributed by atoms with Crippen molar-refractivity contribution in [2.75, 3.05) is 19.4 Å². The summed E-state index contributed by atoms with van der Waals surface area (Å²) in [5.74, 6) is 0.258. The van der Waals surface area contributed by atoms with Gasteiger partial charge in [0.25, 0.3) is 0 Å². The molecule has 0 aliphatic rings. The fourth-order valence-electron chi connectivity index (χ4n) is 3.76. The molecule has 3 aromatic heterocycles. The SMILES string of the molecule is CC(C)CCC(=O)Nc1nccc(-c2c(-c3ccc(F)cc3)nc3cc(CN(C)C)ccn23)n1. The summed E-state index contributed by atoms with van der Waals surface area (Å²) < 4.78 is 15.6. The van der Waals surface area contributed by atoms with E-state index in [0.717, 1.165) is 35.4 Å². The van der Waals surface area contributed by atoms with Crippen LogP contribution in [-0.4, -0.2) is 44.3 Å². The predicted octanol–water partition coefficient (Wildman–Crippen LogP) is 5.03. The second-order valence-electron chi connectivity index (χ2n) is 9.06. The zero-order valence-electron chi connectivity index (χ0n) is 19.9. The number of nitrogens with one attached hydrogen (secondary N) is 1. The van der Waals surface area contributed by atoms with Gasteiger partial charge < -0.3 is 4.90 Å². The van der Waals surface area contributed by atoms with Crippen molar-refractivity contribution in [3.63, 3.8) is 0 Å². The molecule has 0 saturated heterocycles. The number of hydrogen-bond acceptors (Lipinski definition) is 5. The number of fused-ring (bicyclic) bond motifs is 1. The Morgan fingerprint density at radius 2 is 1.88 bits per heavy atom. The van der Waals surface area contributed by atoms with Gasteiger partial charge in [-0.1, -0.05) is 13.8 Å². The molecule has 0 saturated carbocycles. The smallest absolute Gasteiger partial charge is 0.229 e. The van der Waals surface area contributed by atoms with Crippen LogP contribution in [0.5, 0.6) is 0 Å². The minimum Gasteiger partial charge on any atom is -0.305 e. The lowest BCUT2D eigenvalue weighted by atomic mass is 10.1. The molecule has 0 aliphatic carbocycles. The van der Waals surface area contributed by atoms with Gasteiger partial charge in [-0.05, 0) is 74.5 Å².